The van der Waals surface area contributed by atoms with E-state index in [2.05, 4.69) is 36.1 Å². The fraction of sp³-hybridized carbons (Fsp3) is 0.429. The zero-order valence-corrected chi connectivity index (χ0v) is 13.3. The van der Waals surface area contributed by atoms with Crippen molar-refractivity contribution in [3.8, 4) is 0 Å². The lowest BCUT2D eigenvalue weighted by molar-refractivity contribution is 0.0690. The molecule has 2 aromatic rings. The van der Waals surface area contributed by atoms with E-state index in [0.29, 0.717) is 6.54 Å². The van der Waals surface area contributed by atoms with Gasteiger partial charge in [0.1, 0.15) is 10.4 Å². The van der Waals surface area contributed by atoms with E-state index >= 15 is 0 Å². The Morgan fingerprint density at radius 1 is 1.36 bits per heavy atom. The Balaban J connectivity index is 1.50. The monoisotopic (exact) mass is 363 g/mol. The Bertz CT molecular complexity index is 737. The van der Waals surface area contributed by atoms with Crippen LogP contribution in [0.15, 0.2) is 22.9 Å². The molecule has 1 aliphatic carbocycles. The van der Waals surface area contributed by atoms with Crippen LogP contribution in [-0.2, 0) is 6.54 Å². The summed E-state index contributed by atoms with van der Waals surface area (Å²) in [5.41, 5.74) is 0.881. The van der Waals surface area contributed by atoms with E-state index in [0.717, 1.165) is 40.9 Å². The van der Waals surface area contributed by atoms with Crippen LogP contribution in [0.5, 0.6) is 0 Å². The molecule has 0 spiro atoms. The molecule has 8 heteroatoms. The number of carboxylic acid groups (broad SMARTS) is 1. The first kappa shape index (κ1) is 13.7. The van der Waals surface area contributed by atoms with Gasteiger partial charge in [0.15, 0.2) is 5.69 Å². The molecule has 1 saturated heterocycles. The Hall–Kier alpha value is -1.96. The average molecular weight is 364 g/mol. The molecule has 0 radical (unpaired) electrons. The number of nitrogens with zero attached hydrogens (tertiary/aromatic N) is 5. The normalized spacial score (nSPS) is 22.7. The molecule has 1 saturated carbocycles. The fourth-order valence-electron chi connectivity index (χ4n) is 2.98. The summed E-state index contributed by atoms with van der Waals surface area (Å²) in [6.45, 7) is 2.64. The molecule has 1 N–H and O–H groups in total. The van der Waals surface area contributed by atoms with Crippen molar-refractivity contribution in [3.05, 3.63) is 34.2 Å². The number of piperidine rings is 1. The summed E-state index contributed by atoms with van der Waals surface area (Å²) in [4.78, 5) is 17.8. The molecular weight excluding hydrogens is 350 g/mol. The number of hydrogen-bond acceptors (Lipinski definition) is 5. The number of halogens is 1. The minimum absolute atomic E-state index is 0.0583. The molecule has 0 amide bonds. The number of rotatable bonds is 4. The van der Waals surface area contributed by atoms with E-state index in [1.54, 1.807) is 0 Å². The van der Waals surface area contributed by atoms with Gasteiger partial charge in [-0.2, -0.15) is 0 Å². The summed E-state index contributed by atoms with van der Waals surface area (Å²) in [6, 6.07) is 4.01. The summed E-state index contributed by atoms with van der Waals surface area (Å²) in [5, 5.41) is 16.3. The number of anilines is 1. The second-order valence-electron chi connectivity index (χ2n) is 5.89. The van der Waals surface area contributed by atoms with E-state index in [-0.39, 0.29) is 5.69 Å². The molecule has 1 aliphatic heterocycles. The first-order chi connectivity index (χ1) is 10.6. The summed E-state index contributed by atoms with van der Waals surface area (Å²) in [5.74, 6) is 1.65. The van der Waals surface area contributed by atoms with Gasteiger partial charge in [-0.05, 0) is 40.3 Å². The lowest BCUT2D eigenvalue weighted by Gasteiger charge is -2.19. The topological polar surface area (TPSA) is 84.1 Å². The highest BCUT2D eigenvalue weighted by Crippen LogP contribution is 2.46. The SMILES string of the molecule is O=C(O)c1cn(Cc2ccc(N3CC4CC4C3)nc2Br)nn1. The average Bonchev–Trinajstić information content (AvgIpc) is 2.89. The molecule has 2 aromatic heterocycles. The van der Waals surface area contributed by atoms with E-state index in [4.69, 9.17) is 5.11 Å². The highest BCUT2D eigenvalue weighted by molar-refractivity contribution is 9.10. The van der Waals surface area contributed by atoms with Crippen LogP contribution in [0, 0.1) is 11.8 Å². The third kappa shape index (κ3) is 2.47. The number of pyridine rings is 1. The number of carboxylic acids is 1. The van der Waals surface area contributed by atoms with Crippen LogP contribution >= 0.6 is 15.9 Å². The van der Waals surface area contributed by atoms with Crippen LogP contribution in [0.3, 0.4) is 0 Å². The molecule has 2 atom stereocenters. The van der Waals surface area contributed by atoms with Gasteiger partial charge in [-0.15, -0.1) is 5.10 Å². The number of fused-ring (bicyclic) bond motifs is 1. The smallest absolute Gasteiger partial charge is 0.358 e. The molecule has 22 heavy (non-hydrogen) atoms. The van der Waals surface area contributed by atoms with Crippen LogP contribution < -0.4 is 4.90 Å². The standard InChI is InChI=1S/C14H14BrN5O2/c15-13-8(6-20-7-11(14(21)22)17-18-20)1-2-12(16-13)19-4-9-3-10(9)5-19/h1-2,7,9-10H,3-6H2,(H,21,22). The van der Waals surface area contributed by atoms with Gasteiger partial charge in [-0.25, -0.2) is 14.5 Å². The third-order valence-corrected chi connectivity index (χ3v) is 4.99. The highest BCUT2D eigenvalue weighted by Gasteiger charge is 2.45. The molecule has 0 aromatic carbocycles. The van der Waals surface area contributed by atoms with Crippen molar-refractivity contribution < 1.29 is 9.90 Å². The van der Waals surface area contributed by atoms with Crippen LogP contribution in [0.4, 0.5) is 5.82 Å². The van der Waals surface area contributed by atoms with Gasteiger partial charge < -0.3 is 10.0 Å². The van der Waals surface area contributed by atoms with Crippen LogP contribution in [0.25, 0.3) is 0 Å². The first-order valence-electron chi connectivity index (χ1n) is 7.14. The second kappa shape index (κ2) is 5.05. The number of carbonyl (C=O) groups is 1. The minimum Gasteiger partial charge on any atom is -0.476 e. The lowest BCUT2D eigenvalue weighted by Crippen LogP contribution is -2.23. The molecule has 2 fully saturated rings. The van der Waals surface area contributed by atoms with Crippen molar-refractivity contribution in [2.45, 2.75) is 13.0 Å². The van der Waals surface area contributed by atoms with Crippen molar-refractivity contribution in [1.82, 2.24) is 20.0 Å². The Morgan fingerprint density at radius 2 is 2.14 bits per heavy atom. The minimum atomic E-state index is -1.08. The van der Waals surface area contributed by atoms with Crippen molar-refractivity contribution in [2.75, 3.05) is 18.0 Å². The molecular formula is C14H14BrN5O2. The molecule has 0 bridgehead atoms. The third-order valence-electron chi connectivity index (χ3n) is 4.30. The molecule has 2 aliphatic rings. The molecule has 2 unspecified atom stereocenters. The number of aromatic nitrogens is 4. The molecule has 3 heterocycles. The van der Waals surface area contributed by atoms with Gasteiger partial charge in [-0.1, -0.05) is 11.3 Å². The van der Waals surface area contributed by atoms with Crippen LogP contribution in [0.2, 0.25) is 0 Å². The maximum absolute atomic E-state index is 10.8. The maximum atomic E-state index is 10.8. The zero-order chi connectivity index (χ0) is 15.3. The number of aromatic carboxylic acids is 1. The van der Waals surface area contributed by atoms with E-state index < -0.39 is 5.97 Å². The summed E-state index contributed by atoms with van der Waals surface area (Å²) in [6.07, 6.45) is 2.78. The van der Waals surface area contributed by atoms with Crippen LogP contribution in [0.1, 0.15) is 22.5 Å². The summed E-state index contributed by atoms with van der Waals surface area (Å²) >= 11 is 3.50. The first-order valence-corrected chi connectivity index (χ1v) is 7.93. The Morgan fingerprint density at radius 3 is 2.77 bits per heavy atom. The van der Waals surface area contributed by atoms with Gasteiger partial charge in [0.2, 0.25) is 0 Å². The molecule has 7 nitrogen and oxygen atoms in total. The zero-order valence-electron chi connectivity index (χ0n) is 11.7. The van der Waals surface area contributed by atoms with E-state index in [1.165, 1.54) is 17.3 Å². The van der Waals surface area contributed by atoms with E-state index in [9.17, 15) is 4.79 Å². The fourth-order valence-corrected chi connectivity index (χ4v) is 3.42. The van der Waals surface area contributed by atoms with E-state index in [1.807, 2.05) is 12.1 Å². The van der Waals surface area contributed by atoms with Gasteiger partial charge >= 0.3 is 5.97 Å². The van der Waals surface area contributed by atoms with Crippen molar-refractivity contribution >= 4 is 27.7 Å². The molecule has 114 valence electrons. The van der Waals surface area contributed by atoms with Gasteiger partial charge in [-0.3, -0.25) is 0 Å². The predicted octanol–water partition coefficient (Wildman–Crippen LogP) is 1.64. The van der Waals surface area contributed by atoms with Crippen molar-refractivity contribution in [3.63, 3.8) is 0 Å². The summed E-state index contributed by atoms with van der Waals surface area (Å²) in [7, 11) is 0. The largest absolute Gasteiger partial charge is 0.476 e. The van der Waals surface area contributed by atoms with Gasteiger partial charge in [0, 0.05) is 18.7 Å². The van der Waals surface area contributed by atoms with Gasteiger partial charge in [0.25, 0.3) is 0 Å². The van der Waals surface area contributed by atoms with Crippen LogP contribution in [-0.4, -0.2) is 44.1 Å². The lowest BCUT2D eigenvalue weighted by atomic mass is 10.2. The second-order valence-corrected chi connectivity index (χ2v) is 6.64. The van der Waals surface area contributed by atoms with Crippen molar-refractivity contribution in [2.24, 2.45) is 11.8 Å². The maximum Gasteiger partial charge on any atom is 0.358 e. The predicted molar refractivity (Wildman–Crippen MR) is 81.8 cm³/mol. The quantitative estimate of drug-likeness (QED) is 0.831. The molecule has 4 rings (SSSR count). The van der Waals surface area contributed by atoms with Gasteiger partial charge in [0.05, 0.1) is 12.7 Å². The van der Waals surface area contributed by atoms with Crippen molar-refractivity contribution in [1.29, 1.82) is 0 Å². The highest BCUT2D eigenvalue weighted by atomic mass is 79.9. The Kier molecular flexibility index (Phi) is 3.14. The summed E-state index contributed by atoms with van der Waals surface area (Å²) < 4.78 is 2.26. The Labute approximate surface area is 135 Å². The number of hydrogen-bond donors (Lipinski definition) is 1.